The van der Waals surface area contributed by atoms with Crippen LogP contribution >= 0.6 is 0 Å². The number of likely N-dealkylation sites (N-methyl/N-ethyl adjacent to an activating group) is 2. The van der Waals surface area contributed by atoms with Crippen LogP contribution in [0.25, 0.3) is 0 Å². The first-order valence-electron chi connectivity index (χ1n) is 8.63. The van der Waals surface area contributed by atoms with Crippen molar-refractivity contribution in [1.29, 1.82) is 0 Å². The molecule has 138 valence electrons. The number of anilines is 1. The van der Waals surface area contributed by atoms with Crippen LogP contribution in [0, 0.1) is 13.8 Å². The Kier molecular flexibility index (Phi) is 6.52. The van der Waals surface area contributed by atoms with Crippen molar-refractivity contribution in [3.63, 3.8) is 0 Å². The average Bonchev–Trinajstić information content (AvgIpc) is 2.59. The molecule has 2 aromatic carbocycles. The summed E-state index contributed by atoms with van der Waals surface area (Å²) in [7, 11) is 5.22. The fourth-order valence-electron chi connectivity index (χ4n) is 2.76. The highest BCUT2D eigenvalue weighted by Gasteiger charge is 2.27. The fraction of sp³-hybridized carbons (Fsp3) is 0.333. The Bertz CT molecular complexity index is 772. The van der Waals surface area contributed by atoms with Gasteiger partial charge in [0.05, 0.1) is 6.54 Å². The number of benzene rings is 2. The predicted octanol–water partition coefficient (Wildman–Crippen LogP) is 3.00. The van der Waals surface area contributed by atoms with Crippen LogP contribution in [0.2, 0.25) is 0 Å². The number of amides is 2. The van der Waals surface area contributed by atoms with Crippen molar-refractivity contribution in [1.82, 2.24) is 9.80 Å². The lowest BCUT2D eigenvalue weighted by Crippen LogP contribution is -2.41. The molecule has 0 heterocycles. The summed E-state index contributed by atoms with van der Waals surface area (Å²) in [5.41, 5.74) is 3.73. The second-order valence-corrected chi connectivity index (χ2v) is 6.82. The smallest absolute Gasteiger partial charge is 0.246 e. The topological polar surface area (TPSA) is 52.7 Å². The second kappa shape index (κ2) is 8.63. The third-order valence-corrected chi connectivity index (χ3v) is 4.34. The third-order valence-electron chi connectivity index (χ3n) is 4.34. The normalized spacial score (nSPS) is 11.9. The summed E-state index contributed by atoms with van der Waals surface area (Å²) in [4.78, 5) is 28.5. The monoisotopic (exact) mass is 353 g/mol. The van der Waals surface area contributed by atoms with Crippen molar-refractivity contribution in [3.05, 3.63) is 65.2 Å². The quantitative estimate of drug-likeness (QED) is 0.869. The summed E-state index contributed by atoms with van der Waals surface area (Å²) < 4.78 is 0. The van der Waals surface area contributed by atoms with Crippen molar-refractivity contribution in [3.8, 4) is 0 Å². The number of nitrogens with zero attached hydrogens (tertiary/aromatic N) is 2. The molecule has 0 bridgehead atoms. The van der Waals surface area contributed by atoms with Gasteiger partial charge in [-0.1, -0.05) is 42.5 Å². The summed E-state index contributed by atoms with van der Waals surface area (Å²) in [5.74, 6) is -0.202. The van der Waals surface area contributed by atoms with Gasteiger partial charge in [0.1, 0.15) is 6.04 Å². The molecule has 1 N–H and O–H groups in total. The number of nitrogens with one attached hydrogen (secondary N) is 1. The van der Waals surface area contributed by atoms with Gasteiger partial charge in [0, 0.05) is 19.8 Å². The lowest BCUT2D eigenvalue weighted by atomic mass is 10.0. The van der Waals surface area contributed by atoms with E-state index in [1.54, 1.807) is 26.0 Å². The van der Waals surface area contributed by atoms with E-state index in [-0.39, 0.29) is 18.4 Å². The molecule has 5 heteroatoms. The highest BCUT2D eigenvalue weighted by molar-refractivity contribution is 5.96. The zero-order chi connectivity index (χ0) is 19.3. The van der Waals surface area contributed by atoms with Crippen LogP contribution in [0.4, 0.5) is 5.69 Å². The predicted molar refractivity (Wildman–Crippen MR) is 105 cm³/mol. The van der Waals surface area contributed by atoms with Gasteiger partial charge < -0.3 is 10.2 Å². The van der Waals surface area contributed by atoms with Gasteiger partial charge >= 0.3 is 0 Å². The van der Waals surface area contributed by atoms with Crippen molar-refractivity contribution in [2.75, 3.05) is 33.0 Å². The molecule has 26 heavy (non-hydrogen) atoms. The standard InChI is InChI=1S/C21H27N3O2/c1-15-11-12-16(2)18(13-15)22-21(26)20(17-9-7-6-8-10-17)24(5)14-19(25)23(3)4/h6-13,20H,14H2,1-5H3,(H,22,26)/t20-/m1/s1. The largest absolute Gasteiger partial charge is 0.348 e. The number of hydrogen-bond acceptors (Lipinski definition) is 3. The minimum Gasteiger partial charge on any atom is -0.348 e. The first-order valence-corrected chi connectivity index (χ1v) is 8.63. The fourth-order valence-corrected chi connectivity index (χ4v) is 2.76. The average molecular weight is 353 g/mol. The third kappa shape index (κ3) is 4.92. The molecule has 0 unspecified atom stereocenters. The van der Waals surface area contributed by atoms with Crippen LogP contribution in [0.15, 0.2) is 48.5 Å². The van der Waals surface area contributed by atoms with E-state index in [9.17, 15) is 9.59 Å². The minimum absolute atomic E-state index is 0.0482. The van der Waals surface area contributed by atoms with Crippen molar-refractivity contribution in [2.45, 2.75) is 19.9 Å². The van der Waals surface area contributed by atoms with Crippen LogP contribution in [0.5, 0.6) is 0 Å². The molecule has 2 aromatic rings. The highest BCUT2D eigenvalue weighted by atomic mass is 16.2. The van der Waals surface area contributed by atoms with Crippen LogP contribution in [-0.2, 0) is 9.59 Å². The number of aryl methyl sites for hydroxylation is 2. The SMILES string of the molecule is Cc1ccc(C)c(NC(=O)[C@@H](c2ccccc2)N(C)CC(=O)N(C)C)c1. The zero-order valence-electron chi connectivity index (χ0n) is 16.1. The Labute approximate surface area is 155 Å². The number of hydrogen-bond donors (Lipinski definition) is 1. The molecule has 0 aromatic heterocycles. The Balaban J connectivity index is 2.29. The van der Waals surface area contributed by atoms with E-state index >= 15 is 0 Å². The van der Waals surface area contributed by atoms with Gasteiger partial charge in [-0.15, -0.1) is 0 Å². The maximum atomic E-state index is 13.1. The molecular formula is C21H27N3O2. The highest BCUT2D eigenvalue weighted by Crippen LogP contribution is 2.23. The van der Waals surface area contributed by atoms with E-state index in [1.165, 1.54) is 4.90 Å². The molecule has 1 atom stereocenters. The second-order valence-electron chi connectivity index (χ2n) is 6.82. The van der Waals surface area contributed by atoms with Gasteiger partial charge in [-0.2, -0.15) is 0 Å². The minimum atomic E-state index is -0.556. The lowest BCUT2D eigenvalue weighted by molar-refractivity contribution is -0.131. The van der Waals surface area contributed by atoms with Gasteiger partial charge in [0.25, 0.3) is 0 Å². The van der Waals surface area contributed by atoms with Gasteiger partial charge in [-0.05, 0) is 43.7 Å². The van der Waals surface area contributed by atoms with Crippen molar-refractivity contribution < 1.29 is 9.59 Å². The Morgan fingerprint density at radius 2 is 1.65 bits per heavy atom. The molecule has 0 aliphatic carbocycles. The van der Waals surface area contributed by atoms with Crippen molar-refractivity contribution >= 4 is 17.5 Å². The maximum Gasteiger partial charge on any atom is 0.246 e. The Hall–Kier alpha value is -2.66. The van der Waals surface area contributed by atoms with Crippen LogP contribution in [0.3, 0.4) is 0 Å². The van der Waals surface area contributed by atoms with E-state index < -0.39 is 6.04 Å². The molecule has 0 aliphatic heterocycles. The van der Waals surface area contributed by atoms with Crippen LogP contribution < -0.4 is 5.32 Å². The van der Waals surface area contributed by atoms with Gasteiger partial charge in [-0.3, -0.25) is 14.5 Å². The first kappa shape index (κ1) is 19.7. The molecule has 0 radical (unpaired) electrons. The molecule has 0 aliphatic rings. The molecule has 0 saturated carbocycles. The number of carbonyl (C=O) groups excluding carboxylic acids is 2. The molecule has 2 rings (SSSR count). The van der Waals surface area contributed by atoms with E-state index in [1.807, 2.05) is 62.4 Å². The molecule has 5 nitrogen and oxygen atoms in total. The van der Waals surface area contributed by atoms with Gasteiger partial charge in [0.2, 0.25) is 11.8 Å². The molecule has 2 amide bonds. The molecule has 0 spiro atoms. The van der Waals surface area contributed by atoms with Crippen LogP contribution in [-0.4, -0.2) is 49.3 Å². The number of rotatable bonds is 6. The van der Waals surface area contributed by atoms with Crippen molar-refractivity contribution in [2.24, 2.45) is 0 Å². The van der Waals surface area contributed by atoms with Gasteiger partial charge in [-0.25, -0.2) is 0 Å². The lowest BCUT2D eigenvalue weighted by Gasteiger charge is -2.28. The summed E-state index contributed by atoms with van der Waals surface area (Å²) in [5, 5.41) is 3.03. The van der Waals surface area contributed by atoms with E-state index in [0.717, 1.165) is 22.4 Å². The summed E-state index contributed by atoms with van der Waals surface area (Å²) in [6.45, 7) is 4.12. The Morgan fingerprint density at radius 3 is 2.27 bits per heavy atom. The van der Waals surface area contributed by atoms with Crippen LogP contribution in [0.1, 0.15) is 22.7 Å². The molecule has 0 saturated heterocycles. The summed E-state index contributed by atoms with van der Waals surface area (Å²) in [6.07, 6.45) is 0. The summed E-state index contributed by atoms with van der Waals surface area (Å²) >= 11 is 0. The molecular weight excluding hydrogens is 326 g/mol. The zero-order valence-corrected chi connectivity index (χ0v) is 16.1. The van der Waals surface area contributed by atoms with E-state index in [4.69, 9.17) is 0 Å². The van der Waals surface area contributed by atoms with E-state index in [2.05, 4.69) is 5.32 Å². The molecule has 0 fully saturated rings. The van der Waals surface area contributed by atoms with E-state index in [0.29, 0.717) is 0 Å². The Morgan fingerprint density at radius 1 is 1.00 bits per heavy atom. The van der Waals surface area contributed by atoms with Gasteiger partial charge in [0.15, 0.2) is 0 Å². The number of carbonyl (C=O) groups is 2. The maximum absolute atomic E-state index is 13.1. The first-order chi connectivity index (χ1) is 12.3. The summed E-state index contributed by atoms with van der Waals surface area (Å²) in [6, 6.07) is 14.9.